The van der Waals surface area contributed by atoms with Crippen molar-refractivity contribution in [1.82, 2.24) is 9.78 Å². The number of hydrogen-bond acceptors (Lipinski definition) is 2. The minimum atomic E-state index is -4.11. The van der Waals surface area contributed by atoms with Crippen LogP contribution >= 0.6 is 0 Å². The first-order valence-corrected chi connectivity index (χ1v) is 9.30. The molecule has 0 radical (unpaired) electrons. The highest BCUT2D eigenvalue weighted by Crippen LogP contribution is 2.56. The van der Waals surface area contributed by atoms with Crippen LogP contribution in [0.3, 0.4) is 0 Å². The molecule has 144 valence electrons. The summed E-state index contributed by atoms with van der Waals surface area (Å²) in [6, 6.07) is 0. The number of alkyl halides is 4. The minimum Gasteiger partial charge on any atom is -0.311 e. The molecule has 1 N–H and O–H groups in total. The molecule has 8 heteroatoms. The van der Waals surface area contributed by atoms with Crippen LogP contribution in [0.5, 0.6) is 0 Å². The summed E-state index contributed by atoms with van der Waals surface area (Å²) >= 11 is 0. The lowest BCUT2D eigenvalue weighted by molar-refractivity contribution is -0.313. The molecule has 0 unspecified atom stereocenters. The van der Waals surface area contributed by atoms with E-state index in [1.54, 1.807) is 11.7 Å². The molecule has 26 heavy (non-hydrogen) atoms. The van der Waals surface area contributed by atoms with Gasteiger partial charge in [-0.05, 0) is 43.9 Å². The Morgan fingerprint density at radius 3 is 2.42 bits per heavy atom. The second-order valence-electron chi connectivity index (χ2n) is 8.09. The second-order valence-corrected chi connectivity index (χ2v) is 8.09. The summed E-state index contributed by atoms with van der Waals surface area (Å²) in [6.45, 7) is 0. The highest BCUT2D eigenvalue weighted by molar-refractivity contribution is 5.91. The lowest BCUT2D eigenvalue weighted by Crippen LogP contribution is -2.59. The van der Waals surface area contributed by atoms with Gasteiger partial charge in [0.1, 0.15) is 5.82 Å². The van der Waals surface area contributed by atoms with Crippen molar-refractivity contribution in [3.05, 3.63) is 11.3 Å². The highest BCUT2D eigenvalue weighted by Gasteiger charge is 2.71. The first-order chi connectivity index (χ1) is 12.2. The fraction of sp³-hybridized carbons (Fsp3) is 0.778. The van der Waals surface area contributed by atoms with Gasteiger partial charge in [0.2, 0.25) is 5.91 Å². The topological polar surface area (TPSA) is 46.9 Å². The molecule has 0 spiro atoms. The normalized spacial score (nSPS) is 26.9. The van der Waals surface area contributed by atoms with E-state index in [1.807, 2.05) is 0 Å². The van der Waals surface area contributed by atoms with Crippen molar-refractivity contribution in [3.8, 4) is 0 Å². The molecule has 0 aromatic carbocycles. The van der Waals surface area contributed by atoms with Crippen LogP contribution in [0.1, 0.15) is 62.1 Å². The summed E-state index contributed by atoms with van der Waals surface area (Å²) in [5, 5.41) is 7.24. The average molecular weight is 373 g/mol. The molecule has 1 aromatic heterocycles. The van der Waals surface area contributed by atoms with Gasteiger partial charge < -0.3 is 5.32 Å². The van der Waals surface area contributed by atoms with Gasteiger partial charge in [0.25, 0.3) is 0 Å². The third-order valence-electron chi connectivity index (χ3n) is 6.05. The van der Waals surface area contributed by atoms with Crippen LogP contribution in [0.2, 0.25) is 0 Å². The number of aryl methyl sites for hydroxylation is 1. The number of rotatable bonds is 6. The van der Waals surface area contributed by atoms with Crippen LogP contribution in [-0.4, -0.2) is 27.5 Å². The second kappa shape index (κ2) is 5.96. The van der Waals surface area contributed by atoms with Crippen LogP contribution < -0.4 is 5.32 Å². The Hall–Kier alpha value is -1.60. The Bertz CT molecular complexity index is 722. The van der Waals surface area contributed by atoms with Crippen molar-refractivity contribution >= 4 is 11.7 Å². The van der Waals surface area contributed by atoms with E-state index < -0.39 is 36.5 Å². The SMILES string of the molecule is Cn1nc(CC2CC2)c(C2CCC2)c1NC(=O)C[C@@H]1CC(F)(F)C1(F)F. The molecular formula is C18H23F4N3O. The predicted octanol–water partition coefficient (Wildman–Crippen LogP) is 4.26. The van der Waals surface area contributed by atoms with Crippen LogP contribution in [0.15, 0.2) is 0 Å². The van der Waals surface area contributed by atoms with Gasteiger partial charge in [-0.2, -0.15) is 22.7 Å². The molecule has 0 bridgehead atoms. The van der Waals surface area contributed by atoms with Crippen LogP contribution in [-0.2, 0) is 18.3 Å². The molecule has 0 saturated heterocycles. The Morgan fingerprint density at radius 2 is 1.92 bits per heavy atom. The first-order valence-electron chi connectivity index (χ1n) is 9.30. The fourth-order valence-electron chi connectivity index (χ4n) is 3.96. The van der Waals surface area contributed by atoms with Crippen LogP contribution in [0.25, 0.3) is 0 Å². The molecule has 4 nitrogen and oxygen atoms in total. The summed E-state index contributed by atoms with van der Waals surface area (Å²) in [6.07, 6.45) is 4.89. The molecule has 3 saturated carbocycles. The number of nitrogens with one attached hydrogen (secondary N) is 1. The summed E-state index contributed by atoms with van der Waals surface area (Å²) in [5.74, 6) is -8.84. The van der Waals surface area contributed by atoms with Crippen molar-refractivity contribution < 1.29 is 22.4 Å². The summed E-state index contributed by atoms with van der Waals surface area (Å²) in [4.78, 5) is 12.3. The van der Waals surface area contributed by atoms with Crippen LogP contribution in [0, 0.1) is 11.8 Å². The van der Waals surface area contributed by atoms with Gasteiger partial charge in [0.05, 0.1) is 5.69 Å². The fourth-order valence-corrected chi connectivity index (χ4v) is 3.96. The first kappa shape index (κ1) is 17.8. The van der Waals surface area contributed by atoms with Gasteiger partial charge in [0, 0.05) is 31.4 Å². The number of carbonyl (C=O) groups is 1. The molecular weight excluding hydrogens is 350 g/mol. The summed E-state index contributed by atoms with van der Waals surface area (Å²) in [5.41, 5.74) is 2.00. The van der Waals surface area contributed by atoms with Gasteiger partial charge in [-0.3, -0.25) is 9.48 Å². The smallest absolute Gasteiger partial charge is 0.311 e. The zero-order valence-corrected chi connectivity index (χ0v) is 14.7. The van der Waals surface area contributed by atoms with E-state index >= 15 is 0 Å². The van der Waals surface area contributed by atoms with Gasteiger partial charge in [0.15, 0.2) is 0 Å². The molecule has 3 aliphatic rings. The number of carbonyl (C=O) groups excluding carboxylic acids is 1. The zero-order chi connectivity index (χ0) is 18.7. The molecule has 4 rings (SSSR count). The van der Waals surface area contributed by atoms with E-state index in [1.165, 1.54) is 12.8 Å². The summed E-state index contributed by atoms with van der Waals surface area (Å²) in [7, 11) is 1.72. The number of amides is 1. The van der Waals surface area contributed by atoms with E-state index in [2.05, 4.69) is 10.4 Å². The Labute approximate surface area is 149 Å². The van der Waals surface area contributed by atoms with Crippen molar-refractivity contribution in [1.29, 1.82) is 0 Å². The van der Waals surface area contributed by atoms with E-state index in [9.17, 15) is 22.4 Å². The maximum Gasteiger partial charge on any atom is 0.313 e. The third kappa shape index (κ3) is 2.91. The predicted molar refractivity (Wildman–Crippen MR) is 87.5 cm³/mol. The minimum absolute atomic E-state index is 0.335. The molecule has 1 aromatic rings. The Balaban J connectivity index is 1.48. The van der Waals surface area contributed by atoms with Crippen molar-refractivity contribution in [2.24, 2.45) is 18.9 Å². The van der Waals surface area contributed by atoms with E-state index in [4.69, 9.17) is 0 Å². The quantitative estimate of drug-likeness (QED) is 0.758. The molecule has 3 aliphatic carbocycles. The number of halogens is 4. The Morgan fingerprint density at radius 1 is 1.23 bits per heavy atom. The lowest BCUT2D eigenvalue weighted by atomic mass is 9.74. The molecule has 1 amide bonds. The van der Waals surface area contributed by atoms with Crippen molar-refractivity contribution in [2.45, 2.75) is 69.1 Å². The molecule has 1 heterocycles. The Kier molecular flexibility index (Phi) is 4.08. The highest BCUT2D eigenvalue weighted by atomic mass is 19.3. The van der Waals surface area contributed by atoms with Gasteiger partial charge >= 0.3 is 11.8 Å². The lowest BCUT2D eigenvalue weighted by Gasteiger charge is -2.43. The largest absolute Gasteiger partial charge is 0.313 e. The molecule has 1 atom stereocenters. The number of anilines is 1. The van der Waals surface area contributed by atoms with E-state index in [0.717, 1.165) is 36.9 Å². The van der Waals surface area contributed by atoms with Gasteiger partial charge in [-0.25, -0.2) is 0 Å². The maximum absolute atomic E-state index is 13.4. The van der Waals surface area contributed by atoms with Gasteiger partial charge in [-0.15, -0.1) is 0 Å². The third-order valence-corrected chi connectivity index (χ3v) is 6.05. The molecule has 3 fully saturated rings. The molecule has 0 aliphatic heterocycles. The standard InChI is InChI=1S/C18H23F4N3O/c1-25-16(23-14(26)8-12-9-17(19,20)18(12,21)22)15(11-3-2-4-11)13(24-25)7-10-5-6-10/h10-12H,2-9H2,1H3,(H,23,26)/t12-/m1/s1. The van der Waals surface area contributed by atoms with E-state index in [0.29, 0.717) is 17.7 Å². The number of nitrogens with zero attached hydrogens (tertiary/aromatic N) is 2. The number of hydrogen-bond donors (Lipinski definition) is 1. The van der Waals surface area contributed by atoms with Crippen molar-refractivity contribution in [2.75, 3.05) is 5.32 Å². The van der Waals surface area contributed by atoms with Crippen LogP contribution in [0.4, 0.5) is 23.4 Å². The monoisotopic (exact) mass is 373 g/mol. The zero-order valence-electron chi connectivity index (χ0n) is 14.7. The number of aromatic nitrogens is 2. The van der Waals surface area contributed by atoms with Crippen molar-refractivity contribution in [3.63, 3.8) is 0 Å². The maximum atomic E-state index is 13.4. The van der Waals surface area contributed by atoms with E-state index in [-0.39, 0.29) is 0 Å². The van der Waals surface area contributed by atoms with Gasteiger partial charge in [-0.1, -0.05) is 6.42 Å². The summed E-state index contributed by atoms with van der Waals surface area (Å²) < 4.78 is 54.4. The average Bonchev–Trinajstić information content (AvgIpc) is 3.26.